The predicted molar refractivity (Wildman–Crippen MR) is 127 cm³/mol. The van der Waals surface area contributed by atoms with Crippen LogP contribution in [0.3, 0.4) is 0 Å². The Hall–Kier alpha value is -2.94. The summed E-state index contributed by atoms with van der Waals surface area (Å²) in [4.78, 5) is 26.9. The van der Waals surface area contributed by atoms with Gasteiger partial charge in [0.15, 0.2) is 4.32 Å². The first-order valence-electron chi connectivity index (χ1n) is 8.97. The number of anilines is 1. The van der Waals surface area contributed by atoms with Crippen molar-refractivity contribution in [3.8, 4) is 10.4 Å². The van der Waals surface area contributed by atoms with Gasteiger partial charge in [-0.3, -0.25) is 10.2 Å². The maximum atomic E-state index is 12.9. The number of aromatic carboxylic acids is 1. The lowest BCUT2D eigenvalue weighted by Gasteiger charge is -2.18. The molecule has 0 radical (unpaired) electrons. The highest BCUT2D eigenvalue weighted by Gasteiger charge is 2.33. The molecular weight excluding hydrogens is 436 g/mol. The molecule has 0 saturated carbocycles. The Morgan fingerprint density at radius 2 is 1.83 bits per heavy atom. The SMILES string of the molecule is Cc1ccccc1-c1ccc(/C=C2/SC(=S)N(Nc3ccccc3C(=O)O)C2=O)s1. The number of nitrogens with one attached hydrogen (secondary N) is 1. The number of carboxylic acids is 1. The normalized spacial score (nSPS) is 15.1. The fourth-order valence-corrected chi connectivity index (χ4v) is 5.29. The van der Waals surface area contributed by atoms with Gasteiger partial charge in [0.25, 0.3) is 5.91 Å². The fourth-order valence-electron chi connectivity index (χ4n) is 3.01. The summed E-state index contributed by atoms with van der Waals surface area (Å²) in [6.07, 6.45) is 1.82. The summed E-state index contributed by atoms with van der Waals surface area (Å²) in [6.45, 7) is 2.07. The number of carbonyl (C=O) groups is 2. The van der Waals surface area contributed by atoms with Crippen LogP contribution >= 0.6 is 35.3 Å². The van der Waals surface area contributed by atoms with E-state index in [4.69, 9.17) is 12.2 Å². The number of nitrogens with zero attached hydrogens (tertiary/aromatic N) is 1. The van der Waals surface area contributed by atoms with E-state index in [0.717, 1.165) is 9.75 Å². The van der Waals surface area contributed by atoms with Crippen LogP contribution in [0.1, 0.15) is 20.8 Å². The van der Waals surface area contributed by atoms with Gasteiger partial charge in [0, 0.05) is 9.75 Å². The van der Waals surface area contributed by atoms with Crippen molar-refractivity contribution in [1.82, 2.24) is 5.01 Å². The zero-order valence-electron chi connectivity index (χ0n) is 15.8. The molecule has 0 bridgehead atoms. The summed E-state index contributed by atoms with van der Waals surface area (Å²) in [5.74, 6) is -1.39. The summed E-state index contributed by atoms with van der Waals surface area (Å²) in [6, 6.07) is 18.6. The van der Waals surface area contributed by atoms with Crippen molar-refractivity contribution >= 4 is 63.3 Å². The van der Waals surface area contributed by atoms with E-state index in [1.54, 1.807) is 29.5 Å². The highest BCUT2D eigenvalue weighted by molar-refractivity contribution is 8.26. The Bertz CT molecular complexity index is 1200. The van der Waals surface area contributed by atoms with Crippen LogP contribution in [-0.4, -0.2) is 26.3 Å². The first-order valence-corrected chi connectivity index (χ1v) is 11.0. The average molecular weight is 453 g/mol. The van der Waals surface area contributed by atoms with Gasteiger partial charge in [0.2, 0.25) is 0 Å². The Labute approximate surface area is 187 Å². The number of hydrogen-bond acceptors (Lipinski definition) is 6. The molecule has 1 aliphatic heterocycles. The standard InChI is InChI=1S/C22H16N2O3S3/c1-13-6-2-3-7-15(13)18-11-10-14(29-18)12-19-20(25)24(22(28)30-19)23-17-9-5-4-8-16(17)21(26)27/h2-12,23H,1H3,(H,26,27)/b19-12+. The van der Waals surface area contributed by atoms with Crippen molar-refractivity contribution in [1.29, 1.82) is 0 Å². The molecule has 1 aromatic heterocycles. The minimum Gasteiger partial charge on any atom is -0.478 e. The first kappa shape index (κ1) is 20.3. The van der Waals surface area contributed by atoms with E-state index in [1.807, 2.05) is 30.3 Å². The molecule has 8 heteroatoms. The van der Waals surface area contributed by atoms with Gasteiger partial charge in [-0.1, -0.05) is 48.2 Å². The largest absolute Gasteiger partial charge is 0.478 e. The van der Waals surface area contributed by atoms with Gasteiger partial charge in [-0.2, -0.15) is 0 Å². The van der Waals surface area contributed by atoms with Gasteiger partial charge in [-0.15, -0.1) is 11.3 Å². The highest BCUT2D eigenvalue weighted by atomic mass is 32.2. The first-order chi connectivity index (χ1) is 14.4. The van der Waals surface area contributed by atoms with Crippen molar-refractivity contribution < 1.29 is 14.7 Å². The molecule has 1 saturated heterocycles. The molecule has 1 amide bonds. The van der Waals surface area contributed by atoms with E-state index in [-0.39, 0.29) is 11.5 Å². The van der Waals surface area contributed by atoms with Crippen LogP contribution in [0.5, 0.6) is 0 Å². The number of carboxylic acid groups (broad SMARTS) is 1. The Morgan fingerprint density at radius 1 is 1.10 bits per heavy atom. The highest BCUT2D eigenvalue weighted by Crippen LogP contribution is 2.36. The smallest absolute Gasteiger partial charge is 0.337 e. The van der Waals surface area contributed by atoms with Gasteiger partial charge in [-0.25, -0.2) is 9.80 Å². The molecule has 1 fully saturated rings. The van der Waals surface area contributed by atoms with Crippen molar-refractivity contribution in [2.24, 2.45) is 0 Å². The number of thiocarbonyl (C=S) groups is 1. The van der Waals surface area contributed by atoms with Crippen molar-refractivity contribution in [3.63, 3.8) is 0 Å². The number of para-hydroxylation sites is 1. The molecule has 0 aliphatic carbocycles. The maximum Gasteiger partial charge on any atom is 0.337 e. The summed E-state index contributed by atoms with van der Waals surface area (Å²) in [5, 5.41) is 10.6. The molecule has 2 heterocycles. The summed E-state index contributed by atoms with van der Waals surface area (Å²) >= 11 is 8.12. The lowest BCUT2D eigenvalue weighted by atomic mass is 10.1. The lowest BCUT2D eigenvalue weighted by molar-refractivity contribution is -0.121. The molecule has 0 spiro atoms. The van der Waals surface area contributed by atoms with Gasteiger partial charge >= 0.3 is 5.97 Å². The molecule has 3 aromatic rings. The minimum absolute atomic E-state index is 0.0664. The molecule has 1 aliphatic rings. The Kier molecular flexibility index (Phi) is 5.72. The van der Waals surface area contributed by atoms with Crippen LogP contribution in [0.2, 0.25) is 0 Å². The third kappa shape index (κ3) is 4.02. The number of rotatable bonds is 5. The van der Waals surface area contributed by atoms with Crippen LogP contribution in [0.4, 0.5) is 5.69 Å². The third-order valence-electron chi connectivity index (χ3n) is 4.49. The summed E-state index contributed by atoms with van der Waals surface area (Å²) in [7, 11) is 0. The van der Waals surface area contributed by atoms with E-state index < -0.39 is 5.97 Å². The zero-order valence-corrected chi connectivity index (χ0v) is 18.2. The lowest BCUT2D eigenvalue weighted by Crippen LogP contribution is -2.34. The summed E-state index contributed by atoms with van der Waals surface area (Å²) < 4.78 is 0.321. The Morgan fingerprint density at radius 3 is 2.60 bits per heavy atom. The minimum atomic E-state index is -1.08. The number of amides is 1. The second kappa shape index (κ2) is 8.43. The molecule has 2 aromatic carbocycles. The summed E-state index contributed by atoms with van der Waals surface area (Å²) in [5.41, 5.74) is 5.58. The number of carbonyl (C=O) groups excluding carboxylic acids is 1. The van der Waals surface area contributed by atoms with Crippen LogP contribution in [-0.2, 0) is 4.79 Å². The molecule has 0 unspecified atom stereocenters. The van der Waals surface area contributed by atoms with Crippen LogP contribution in [0.15, 0.2) is 65.6 Å². The maximum absolute atomic E-state index is 12.9. The number of benzene rings is 2. The van der Waals surface area contributed by atoms with Crippen molar-refractivity contribution in [3.05, 3.63) is 81.6 Å². The van der Waals surface area contributed by atoms with E-state index in [9.17, 15) is 14.7 Å². The van der Waals surface area contributed by atoms with E-state index in [2.05, 4.69) is 24.5 Å². The number of hydrogen-bond donors (Lipinski definition) is 2. The van der Waals surface area contributed by atoms with Gasteiger partial charge in [0.1, 0.15) is 0 Å². The fraction of sp³-hybridized carbons (Fsp3) is 0.0455. The van der Waals surface area contributed by atoms with Crippen molar-refractivity contribution in [2.45, 2.75) is 6.92 Å². The molecule has 2 N–H and O–H groups in total. The van der Waals surface area contributed by atoms with Gasteiger partial charge in [-0.05, 0) is 60.6 Å². The van der Waals surface area contributed by atoms with Gasteiger partial charge < -0.3 is 5.11 Å². The second-order valence-electron chi connectivity index (χ2n) is 6.50. The average Bonchev–Trinajstić information content (AvgIpc) is 3.29. The number of hydrazine groups is 1. The number of thiophene rings is 1. The van der Waals surface area contributed by atoms with Crippen LogP contribution < -0.4 is 5.43 Å². The molecular formula is C22H16N2O3S3. The third-order valence-corrected chi connectivity index (χ3v) is 6.86. The van der Waals surface area contributed by atoms with E-state index >= 15 is 0 Å². The molecule has 30 heavy (non-hydrogen) atoms. The quantitative estimate of drug-likeness (QED) is 0.385. The van der Waals surface area contributed by atoms with Crippen LogP contribution in [0.25, 0.3) is 16.5 Å². The topological polar surface area (TPSA) is 69.6 Å². The molecule has 150 valence electrons. The number of aryl methyl sites for hydroxylation is 1. The monoisotopic (exact) mass is 452 g/mol. The second-order valence-corrected chi connectivity index (χ2v) is 9.29. The molecule has 0 atom stereocenters. The van der Waals surface area contributed by atoms with Crippen molar-refractivity contribution in [2.75, 3.05) is 5.43 Å². The molecule has 4 rings (SSSR count). The van der Waals surface area contributed by atoms with Gasteiger partial charge in [0.05, 0.1) is 16.2 Å². The van der Waals surface area contributed by atoms with E-state index in [1.165, 1.54) is 34.0 Å². The Balaban J connectivity index is 1.57. The van der Waals surface area contributed by atoms with Crippen LogP contribution in [0, 0.1) is 6.92 Å². The van der Waals surface area contributed by atoms with E-state index in [0.29, 0.717) is 14.9 Å². The predicted octanol–water partition coefficient (Wildman–Crippen LogP) is 5.65. The molecule has 5 nitrogen and oxygen atoms in total. The zero-order chi connectivity index (χ0) is 21.3. The number of thioether (sulfide) groups is 1.